The summed E-state index contributed by atoms with van der Waals surface area (Å²) in [6.07, 6.45) is 5.60. The third-order valence-corrected chi connectivity index (χ3v) is 6.98. The maximum atomic E-state index is 12.2. The fourth-order valence-corrected chi connectivity index (χ4v) is 4.70. The number of carbonyl (C=O) groups excluding carboxylic acids is 1. The molecule has 0 heterocycles. The number of allylic oxidation sites excluding steroid dienone is 1. The number of sulfonamides is 1. The molecule has 0 radical (unpaired) electrons. The van der Waals surface area contributed by atoms with Gasteiger partial charge in [-0.05, 0) is 61.1 Å². The van der Waals surface area contributed by atoms with E-state index in [0.717, 1.165) is 24.3 Å². The average molecular weight is 378 g/mol. The van der Waals surface area contributed by atoms with E-state index in [4.69, 9.17) is 5.14 Å². The minimum Gasteiger partial charge on any atom is -0.338 e. The second-order valence-corrected chi connectivity index (χ2v) is 9.54. The van der Waals surface area contributed by atoms with Gasteiger partial charge < -0.3 is 10.6 Å². The van der Waals surface area contributed by atoms with E-state index in [0.29, 0.717) is 23.6 Å². The number of primary sulfonamides is 1. The van der Waals surface area contributed by atoms with E-state index in [9.17, 15) is 13.2 Å². The first-order valence-corrected chi connectivity index (χ1v) is 10.5. The Kier molecular flexibility index (Phi) is 4.88. The minimum absolute atomic E-state index is 0.0208. The SMILES string of the molecule is Cc1ccc(S(N)(=O)=O)cc1NC(=O)NCCC1=CC[C@H]2C[C@@H]1C2(C)C. The first-order chi connectivity index (χ1) is 12.1. The summed E-state index contributed by atoms with van der Waals surface area (Å²) in [4.78, 5) is 12.1. The zero-order chi connectivity index (χ0) is 19.1. The Balaban J connectivity index is 1.55. The van der Waals surface area contributed by atoms with Gasteiger partial charge in [-0.15, -0.1) is 0 Å². The predicted octanol–water partition coefficient (Wildman–Crippen LogP) is 3.15. The molecule has 142 valence electrons. The largest absolute Gasteiger partial charge is 0.338 e. The van der Waals surface area contributed by atoms with Gasteiger partial charge in [0.15, 0.2) is 0 Å². The van der Waals surface area contributed by atoms with Crippen molar-refractivity contribution < 1.29 is 13.2 Å². The van der Waals surface area contributed by atoms with Crippen molar-refractivity contribution in [1.82, 2.24) is 5.32 Å². The van der Waals surface area contributed by atoms with Gasteiger partial charge >= 0.3 is 6.03 Å². The zero-order valence-electron chi connectivity index (χ0n) is 15.5. The number of amides is 2. The van der Waals surface area contributed by atoms with Crippen LogP contribution in [0.1, 0.15) is 38.7 Å². The van der Waals surface area contributed by atoms with Gasteiger partial charge in [-0.2, -0.15) is 0 Å². The van der Waals surface area contributed by atoms with E-state index in [1.165, 1.54) is 24.1 Å². The second-order valence-electron chi connectivity index (χ2n) is 7.97. The van der Waals surface area contributed by atoms with Crippen molar-refractivity contribution in [3.63, 3.8) is 0 Å². The highest BCUT2D eigenvalue weighted by molar-refractivity contribution is 7.89. The van der Waals surface area contributed by atoms with Crippen LogP contribution in [0.3, 0.4) is 0 Å². The van der Waals surface area contributed by atoms with Crippen LogP contribution in [-0.2, 0) is 10.0 Å². The number of benzene rings is 1. The lowest BCUT2D eigenvalue weighted by Gasteiger charge is -2.56. The summed E-state index contributed by atoms with van der Waals surface area (Å²) in [6.45, 7) is 7.02. The molecule has 2 bridgehead atoms. The summed E-state index contributed by atoms with van der Waals surface area (Å²) >= 11 is 0. The topological polar surface area (TPSA) is 101 Å². The standard InChI is InChI=1S/C19H27N3O3S/c1-12-4-7-15(26(20,24)25)11-17(12)22-18(23)21-9-8-13-5-6-14-10-16(13)19(14,2)3/h4-5,7,11,14,16H,6,8-10H2,1-3H3,(H2,20,24,25)(H2,21,22,23)/t14-,16-/m0/s1. The Bertz CT molecular complexity index is 859. The van der Waals surface area contributed by atoms with Gasteiger partial charge in [0.05, 0.1) is 4.90 Å². The predicted molar refractivity (Wildman–Crippen MR) is 102 cm³/mol. The van der Waals surface area contributed by atoms with Gasteiger partial charge in [-0.3, -0.25) is 0 Å². The number of rotatable bonds is 5. The fourth-order valence-electron chi connectivity index (χ4n) is 4.16. The van der Waals surface area contributed by atoms with E-state index < -0.39 is 10.0 Å². The van der Waals surface area contributed by atoms with E-state index >= 15 is 0 Å². The average Bonchev–Trinajstić information content (AvgIpc) is 2.55. The number of aryl methyl sites for hydroxylation is 1. The molecule has 26 heavy (non-hydrogen) atoms. The lowest BCUT2D eigenvalue weighted by atomic mass is 9.48. The third kappa shape index (κ3) is 3.64. The van der Waals surface area contributed by atoms with Crippen LogP contribution >= 0.6 is 0 Å². The van der Waals surface area contributed by atoms with Gasteiger partial charge in [-0.25, -0.2) is 18.4 Å². The summed E-state index contributed by atoms with van der Waals surface area (Å²) in [5, 5.41) is 10.7. The molecule has 2 amide bonds. The minimum atomic E-state index is -3.80. The van der Waals surface area contributed by atoms with Crippen LogP contribution in [-0.4, -0.2) is 21.0 Å². The smallest absolute Gasteiger partial charge is 0.319 e. The molecule has 7 heteroatoms. The van der Waals surface area contributed by atoms with E-state index in [2.05, 4.69) is 30.6 Å². The molecule has 3 aliphatic rings. The number of hydrogen-bond donors (Lipinski definition) is 3. The van der Waals surface area contributed by atoms with E-state index in [1.807, 2.05) is 0 Å². The Morgan fingerprint density at radius 3 is 2.69 bits per heavy atom. The first kappa shape index (κ1) is 18.9. The summed E-state index contributed by atoms with van der Waals surface area (Å²) in [6, 6.07) is 4.08. The Morgan fingerprint density at radius 1 is 1.35 bits per heavy atom. The maximum absolute atomic E-state index is 12.2. The lowest BCUT2D eigenvalue weighted by Crippen LogP contribution is -2.48. The third-order valence-electron chi connectivity index (χ3n) is 6.07. The number of nitrogens with two attached hydrogens (primary N) is 1. The molecule has 1 aromatic rings. The molecular weight excluding hydrogens is 350 g/mol. The lowest BCUT2D eigenvalue weighted by molar-refractivity contribution is -0.00808. The Hall–Kier alpha value is -1.86. The molecule has 0 aliphatic heterocycles. The number of nitrogens with one attached hydrogen (secondary N) is 2. The number of fused-ring (bicyclic) bond motifs is 1. The highest BCUT2D eigenvalue weighted by atomic mass is 32.2. The molecule has 1 saturated carbocycles. The van der Waals surface area contributed by atoms with Gasteiger partial charge in [0.2, 0.25) is 10.0 Å². The number of hydrogen-bond acceptors (Lipinski definition) is 3. The fraction of sp³-hybridized carbons (Fsp3) is 0.526. The molecule has 4 rings (SSSR count). The molecule has 4 N–H and O–H groups in total. The van der Waals surface area contributed by atoms with Crippen molar-refractivity contribution in [3.8, 4) is 0 Å². The summed E-state index contributed by atoms with van der Waals surface area (Å²) < 4.78 is 22.9. The van der Waals surface area contributed by atoms with Gasteiger partial charge in [-0.1, -0.05) is 31.6 Å². The summed E-state index contributed by atoms with van der Waals surface area (Å²) in [7, 11) is -3.80. The van der Waals surface area contributed by atoms with Crippen molar-refractivity contribution in [2.45, 2.75) is 44.9 Å². The molecular formula is C19H27N3O3S. The zero-order valence-corrected chi connectivity index (χ0v) is 16.3. The Labute approximate surface area is 155 Å². The molecule has 1 fully saturated rings. The molecule has 6 nitrogen and oxygen atoms in total. The number of carbonyl (C=O) groups is 1. The molecule has 0 spiro atoms. The van der Waals surface area contributed by atoms with Gasteiger partial charge in [0.25, 0.3) is 0 Å². The van der Waals surface area contributed by atoms with Crippen molar-refractivity contribution in [2.75, 3.05) is 11.9 Å². The maximum Gasteiger partial charge on any atom is 0.319 e. The highest BCUT2D eigenvalue weighted by Crippen LogP contribution is 2.59. The number of urea groups is 1. The van der Waals surface area contributed by atoms with Crippen LogP contribution in [0.5, 0.6) is 0 Å². The van der Waals surface area contributed by atoms with Crippen LogP contribution < -0.4 is 15.8 Å². The normalized spacial score (nSPS) is 23.6. The first-order valence-electron chi connectivity index (χ1n) is 8.96. The number of anilines is 1. The molecule has 1 aromatic carbocycles. The van der Waals surface area contributed by atoms with E-state index in [-0.39, 0.29) is 10.9 Å². The van der Waals surface area contributed by atoms with Crippen LogP contribution in [0.15, 0.2) is 34.7 Å². The monoisotopic (exact) mass is 377 g/mol. The summed E-state index contributed by atoms with van der Waals surface area (Å²) in [5.74, 6) is 1.45. The quantitative estimate of drug-likeness (QED) is 0.687. The second kappa shape index (κ2) is 6.70. The van der Waals surface area contributed by atoms with Crippen molar-refractivity contribution >= 4 is 21.7 Å². The Morgan fingerprint density at radius 2 is 2.08 bits per heavy atom. The van der Waals surface area contributed by atoms with Crippen LogP contribution in [0, 0.1) is 24.2 Å². The molecule has 0 saturated heterocycles. The highest BCUT2D eigenvalue weighted by Gasteiger charge is 2.50. The van der Waals surface area contributed by atoms with Crippen molar-refractivity contribution in [2.24, 2.45) is 22.4 Å². The van der Waals surface area contributed by atoms with Gasteiger partial charge in [0, 0.05) is 12.2 Å². The molecule has 0 aromatic heterocycles. The van der Waals surface area contributed by atoms with Gasteiger partial charge in [0.1, 0.15) is 0 Å². The molecule has 0 unspecified atom stereocenters. The van der Waals surface area contributed by atoms with Crippen molar-refractivity contribution in [1.29, 1.82) is 0 Å². The van der Waals surface area contributed by atoms with Crippen LogP contribution in [0.2, 0.25) is 0 Å². The van der Waals surface area contributed by atoms with Crippen molar-refractivity contribution in [3.05, 3.63) is 35.4 Å². The van der Waals surface area contributed by atoms with Crippen LogP contribution in [0.25, 0.3) is 0 Å². The van der Waals surface area contributed by atoms with E-state index in [1.54, 1.807) is 13.0 Å². The molecule has 3 aliphatic carbocycles. The summed E-state index contributed by atoms with van der Waals surface area (Å²) in [5.41, 5.74) is 3.04. The molecule has 2 atom stereocenters. The van der Waals surface area contributed by atoms with Crippen LogP contribution in [0.4, 0.5) is 10.5 Å².